The number of benzene rings is 3. The number of pyridine rings is 1. The Morgan fingerprint density at radius 3 is 2.64 bits per heavy atom. The third-order valence-electron chi connectivity index (χ3n) is 11.4. The van der Waals surface area contributed by atoms with Crippen LogP contribution < -0.4 is 15.5 Å². The third-order valence-corrected chi connectivity index (χ3v) is 11.4. The number of anilines is 2. The molecular formula is C46H42F2N6O5. The number of fused-ring (bicyclic) bond motifs is 3. The monoisotopic (exact) mass is 796 g/mol. The van der Waals surface area contributed by atoms with Gasteiger partial charge in [0, 0.05) is 95.0 Å². The Kier molecular flexibility index (Phi) is 10.8. The largest absolute Gasteiger partial charge is 0.360 e. The van der Waals surface area contributed by atoms with Crippen molar-refractivity contribution in [2.45, 2.75) is 77.3 Å². The molecule has 3 aromatic carbocycles. The SMILES string of the molecule is CC(C)c1cc(N2CCCc3cc(-c4ccc(C(=O)NCCCC#Cc5cccc6c5CN(C5CCC(=O)NC5=O)C6=O)nc4)c(C(F)F)cc32)cc2c(C=O)c[nH]c12. The molecule has 13 heteroatoms. The first kappa shape index (κ1) is 39.2. The summed E-state index contributed by atoms with van der Waals surface area (Å²) in [5, 5.41) is 5.96. The Balaban J connectivity index is 0.916. The lowest BCUT2D eigenvalue weighted by Crippen LogP contribution is -2.52. The number of rotatable bonds is 10. The van der Waals surface area contributed by atoms with Gasteiger partial charge in [0.05, 0.1) is 0 Å². The van der Waals surface area contributed by atoms with Crippen molar-refractivity contribution >= 4 is 52.2 Å². The molecule has 1 fully saturated rings. The van der Waals surface area contributed by atoms with Crippen LogP contribution >= 0.6 is 0 Å². The predicted molar refractivity (Wildman–Crippen MR) is 219 cm³/mol. The molecule has 11 nitrogen and oxygen atoms in total. The molecular weight excluding hydrogens is 755 g/mol. The Hall–Kier alpha value is -6.68. The lowest BCUT2D eigenvalue weighted by molar-refractivity contribution is -0.136. The molecule has 5 heterocycles. The number of piperidine rings is 1. The standard InChI is InChI=1S/C46H42F2N6O5/c1-26(2)33-19-31(20-35-30(25-55)23-51-42(33)35)53-17-7-10-28-18-34(36(43(47)48)21-40(28)53)29-12-13-38(50-22-29)44(57)49-16-5-3-4-8-27-9-6-11-32-37(27)24-54(46(32)59)39-14-15-41(56)52-45(39)58/h6,9,11-13,18-23,25-26,39,43,51H,3,5,7,10,14-17,24H2,1-2H3,(H,49,57)(H,52,56,58). The van der Waals surface area contributed by atoms with Gasteiger partial charge in [-0.2, -0.15) is 0 Å². The maximum atomic E-state index is 14.8. The van der Waals surface area contributed by atoms with Crippen molar-refractivity contribution in [3.8, 4) is 23.0 Å². The lowest BCUT2D eigenvalue weighted by Gasteiger charge is -2.33. The molecule has 8 rings (SSSR count). The van der Waals surface area contributed by atoms with E-state index in [4.69, 9.17) is 0 Å². The van der Waals surface area contributed by atoms with Gasteiger partial charge in [0.15, 0.2) is 6.29 Å². The van der Waals surface area contributed by atoms with E-state index in [2.05, 4.69) is 57.3 Å². The van der Waals surface area contributed by atoms with E-state index in [1.807, 2.05) is 18.2 Å². The number of nitrogens with one attached hydrogen (secondary N) is 3. The van der Waals surface area contributed by atoms with Crippen LogP contribution in [0.3, 0.4) is 0 Å². The highest BCUT2D eigenvalue weighted by Crippen LogP contribution is 2.43. The van der Waals surface area contributed by atoms with Crippen LogP contribution in [0.25, 0.3) is 22.0 Å². The average Bonchev–Trinajstić information content (AvgIpc) is 3.81. The van der Waals surface area contributed by atoms with Crippen LogP contribution in [-0.4, -0.2) is 63.9 Å². The molecule has 2 aromatic heterocycles. The molecule has 4 amide bonds. The van der Waals surface area contributed by atoms with Gasteiger partial charge in [-0.15, -0.1) is 0 Å². The van der Waals surface area contributed by atoms with Crippen molar-refractivity contribution in [2.24, 2.45) is 0 Å². The van der Waals surface area contributed by atoms with Crippen LogP contribution in [0, 0.1) is 11.8 Å². The average molecular weight is 797 g/mol. The first-order chi connectivity index (χ1) is 28.5. The summed E-state index contributed by atoms with van der Waals surface area (Å²) in [4.78, 5) is 73.1. The van der Waals surface area contributed by atoms with Crippen LogP contribution in [0.15, 0.2) is 67.0 Å². The normalized spacial score (nSPS) is 16.2. The van der Waals surface area contributed by atoms with Gasteiger partial charge < -0.3 is 20.1 Å². The fraction of sp³-hybridized carbons (Fsp3) is 0.304. The molecule has 1 saturated heterocycles. The number of nitrogens with zero attached hydrogens (tertiary/aromatic N) is 3. The summed E-state index contributed by atoms with van der Waals surface area (Å²) in [5.41, 5.74) is 7.77. The van der Waals surface area contributed by atoms with Crippen LogP contribution in [-0.2, 0) is 22.6 Å². The molecule has 3 N–H and O–H groups in total. The van der Waals surface area contributed by atoms with Crippen molar-refractivity contribution in [3.05, 3.63) is 112 Å². The summed E-state index contributed by atoms with van der Waals surface area (Å²) in [7, 11) is 0. The zero-order valence-electron chi connectivity index (χ0n) is 32.7. The number of alkyl halides is 2. The number of imide groups is 1. The maximum absolute atomic E-state index is 14.8. The number of H-pyrrole nitrogens is 1. The molecule has 0 bridgehead atoms. The van der Waals surface area contributed by atoms with Crippen molar-refractivity contribution in [3.63, 3.8) is 0 Å². The molecule has 0 radical (unpaired) electrons. The van der Waals surface area contributed by atoms with E-state index in [1.165, 1.54) is 17.2 Å². The van der Waals surface area contributed by atoms with Gasteiger partial charge in [0.25, 0.3) is 18.2 Å². The van der Waals surface area contributed by atoms with E-state index >= 15 is 0 Å². The third kappa shape index (κ3) is 7.58. The molecule has 0 spiro atoms. The number of unbranched alkanes of at least 4 members (excludes halogenated alkanes) is 1. The van der Waals surface area contributed by atoms with Gasteiger partial charge in [-0.05, 0) is 96.3 Å². The van der Waals surface area contributed by atoms with E-state index in [0.29, 0.717) is 65.9 Å². The lowest BCUT2D eigenvalue weighted by atomic mass is 9.91. The summed E-state index contributed by atoms with van der Waals surface area (Å²) in [6.45, 7) is 5.36. The van der Waals surface area contributed by atoms with E-state index in [0.717, 1.165) is 46.0 Å². The Labute approximate surface area is 339 Å². The summed E-state index contributed by atoms with van der Waals surface area (Å²) >= 11 is 0. The van der Waals surface area contributed by atoms with Gasteiger partial charge in [0.2, 0.25) is 11.8 Å². The minimum absolute atomic E-state index is 0.130. The first-order valence-electron chi connectivity index (χ1n) is 19.8. The highest BCUT2D eigenvalue weighted by molar-refractivity contribution is 6.06. The van der Waals surface area contributed by atoms with Crippen LogP contribution in [0.4, 0.5) is 20.2 Å². The molecule has 1 unspecified atom stereocenters. The van der Waals surface area contributed by atoms with Crippen molar-refractivity contribution in [1.82, 2.24) is 25.5 Å². The van der Waals surface area contributed by atoms with Crippen molar-refractivity contribution < 1.29 is 32.8 Å². The fourth-order valence-electron chi connectivity index (χ4n) is 8.34. The number of aldehydes is 1. The fourth-order valence-corrected chi connectivity index (χ4v) is 8.34. The minimum Gasteiger partial charge on any atom is -0.360 e. The Bertz CT molecular complexity index is 2590. The van der Waals surface area contributed by atoms with E-state index < -0.39 is 24.3 Å². The highest BCUT2D eigenvalue weighted by Gasteiger charge is 2.39. The summed E-state index contributed by atoms with van der Waals surface area (Å²) in [6.07, 6.45) is 4.21. The molecule has 1 atom stereocenters. The number of aryl methyl sites for hydroxylation is 1. The second-order valence-corrected chi connectivity index (χ2v) is 15.4. The van der Waals surface area contributed by atoms with Gasteiger partial charge >= 0.3 is 0 Å². The topological polar surface area (TPSA) is 145 Å². The van der Waals surface area contributed by atoms with Crippen LogP contribution in [0.5, 0.6) is 0 Å². The Morgan fingerprint density at radius 2 is 1.90 bits per heavy atom. The number of hydrogen-bond donors (Lipinski definition) is 3. The summed E-state index contributed by atoms with van der Waals surface area (Å²) < 4.78 is 29.5. The van der Waals surface area contributed by atoms with E-state index in [9.17, 15) is 32.8 Å². The van der Waals surface area contributed by atoms with Crippen LogP contribution in [0.2, 0.25) is 0 Å². The predicted octanol–water partition coefficient (Wildman–Crippen LogP) is 7.51. The number of hydrogen-bond acceptors (Lipinski definition) is 7. The van der Waals surface area contributed by atoms with E-state index in [-0.39, 0.29) is 48.4 Å². The zero-order chi connectivity index (χ0) is 41.4. The second kappa shape index (κ2) is 16.3. The summed E-state index contributed by atoms with van der Waals surface area (Å²) in [6, 6.07) is 15.2. The highest BCUT2D eigenvalue weighted by atomic mass is 19.3. The maximum Gasteiger partial charge on any atom is 0.269 e. The zero-order valence-corrected chi connectivity index (χ0v) is 32.7. The summed E-state index contributed by atoms with van der Waals surface area (Å²) in [5.74, 6) is 4.94. The molecule has 0 aliphatic carbocycles. The number of carbonyl (C=O) groups is 5. The number of aromatic nitrogens is 2. The Morgan fingerprint density at radius 1 is 1.05 bits per heavy atom. The molecule has 5 aromatic rings. The molecule has 59 heavy (non-hydrogen) atoms. The number of amides is 4. The number of halogens is 2. The molecule has 3 aliphatic heterocycles. The van der Waals surface area contributed by atoms with Gasteiger partial charge in [0.1, 0.15) is 11.7 Å². The van der Waals surface area contributed by atoms with Gasteiger partial charge in [-0.3, -0.25) is 34.3 Å². The number of carbonyl (C=O) groups excluding carboxylic acids is 5. The number of aromatic amines is 1. The molecule has 300 valence electrons. The quantitative estimate of drug-likeness (QED) is 0.0575. The minimum atomic E-state index is -2.76. The van der Waals surface area contributed by atoms with Gasteiger partial charge in [-0.1, -0.05) is 37.8 Å². The molecule has 0 saturated carbocycles. The van der Waals surface area contributed by atoms with Gasteiger partial charge in [-0.25, -0.2) is 8.78 Å². The molecule has 3 aliphatic rings. The smallest absolute Gasteiger partial charge is 0.269 e. The van der Waals surface area contributed by atoms with Crippen LogP contribution in [0.1, 0.15) is 117 Å². The second-order valence-electron chi connectivity index (χ2n) is 15.4. The van der Waals surface area contributed by atoms with Crippen molar-refractivity contribution in [1.29, 1.82) is 0 Å². The first-order valence-corrected chi connectivity index (χ1v) is 19.8. The van der Waals surface area contributed by atoms with Crippen molar-refractivity contribution in [2.75, 3.05) is 18.0 Å². The van der Waals surface area contributed by atoms with E-state index in [1.54, 1.807) is 30.5 Å².